The molecule has 1 heterocycles. The van der Waals surface area contributed by atoms with E-state index in [-0.39, 0.29) is 6.42 Å². The van der Waals surface area contributed by atoms with E-state index in [0.29, 0.717) is 0 Å². The summed E-state index contributed by atoms with van der Waals surface area (Å²) >= 11 is 0. The molecule has 3 aliphatic carbocycles. The number of rotatable bonds is 4. The van der Waals surface area contributed by atoms with E-state index in [4.69, 9.17) is 9.47 Å². The van der Waals surface area contributed by atoms with Gasteiger partial charge < -0.3 is 14.2 Å². The third kappa shape index (κ3) is 2.41. The van der Waals surface area contributed by atoms with Gasteiger partial charge in [0.05, 0.1) is 11.8 Å². The Hall–Kier alpha value is -2.41. The van der Waals surface area contributed by atoms with Gasteiger partial charge in [-0.05, 0) is 6.42 Å². The molecule has 172 valence electrons. The molecule has 0 aromatic rings. The molecule has 0 amide bonds. The number of fused-ring (bicyclic) bond motifs is 1. The summed E-state index contributed by atoms with van der Waals surface area (Å²) < 4.78 is 123. The minimum Gasteiger partial charge on any atom is -0.458 e. The minimum atomic E-state index is -6.51. The summed E-state index contributed by atoms with van der Waals surface area (Å²) in [7, 11) is 0. The van der Waals surface area contributed by atoms with E-state index in [9.17, 15) is 49.5 Å². The second-order valence-corrected chi connectivity index (χ2v) is 7.83. The first-order valence-corrected chi connectivity index (χ1v) is 8.86. The zero-order valence-corrected chi connectivity index (χ0v) is 15.0. The van der Waals surface area contributed by atoms with Crippen LogP contribution in [0.2, 0.25) is 0 Å². The van der Waals surface area contributed by atoms with Crippen LogP contribution in [0, 0.1) is 23.7 Å². The minimum absolute atomic E-state index is 0.0420. The van der Waals surface area contributed by atoms with E-state index in [1.807, 2.05) is 0 Å². The zero-order chi connectivity index (χ0) is 23.3. The second kappa shape index (κ2) is 6.09. The molecule has 0 N–H and O–H groups in total. The average molecular weight is 464 g/mol. The maximum atomic E-state index is 13.8. The smallest absolute Gasteiger partial charge is 0.382 e. The molecule has 6 unspecified atom stereocenters. The summed E-state index contributed by atoms with van der Waals surface area (Å²) in [6.45, 7) is 3.14. The molecule has 3 saturated carbocycles. The monoisotopic (exact) mass is 464 g/mol. The summed E-state index contributed by atoms with van der Waals surface area (Å²) in [6.07, 6.45) is -6.09. The number of ether oxygens (including phenoxy) is 3. The molecule has 2 bridgehead atoms. The van der Waals surface area contributed by atoms with Crippen molar-refractivity contribution in [3.05, 3.63) is 12.7 Å². The molecule has 0 spiro atoms. The summed E-state index contributed by atoms with van der Waals surface area (Å²) in [5.41, 5.74) is 0. The Morgan fingerprint density at radius 3 is 2.03 bits per heavy atom. The lowest BCUT2D eigenvalue weighted by molar-refractivity contribution is -0.303. The summed E-state index contributed by atoms with van der Waals surface area (Å²) in [6, 6.07) is 0. The van der Waals surface area contributed by atoms with Crippen molar-refractivity contribution in [3.8, 4) is 0 Å². The standard InChI is InChI=1S/C17H12F8O6/c1-2-6(26)29-9-4-3-5-7(11(27)30-10(5)9)8(4)12(28)31-13-14(18,19)16(22,23)17(24,25)15(13,20)21/h2,4-5,7-10,13H,1,3H2. The van der Waals surface area contributed by atoms with Gasteiger partial charge in [0.25, 0.3) is 0 Å². The van der Waals surface area contributed by atoms with E-state index in [0.717, 1.165) is 6.08 Å². The molecule has 1 aliphatic heterocycles. The van der Waals surface area contributed by atoms with Crippen molar-refractivity contribution in [1.82, 2.24) is 0 Å². The lowest BCUT2D eigenvalue weighted by Crippen LogP contribution is -2.51. The second-order valence-electron chi connectivity index (χ2n) is 7.83. The molecule has 0 aromatic carbocycles. The Bertz CT molecular complexity index is 847. The topological polar surface area (TPSA) is 78.9 Å². The Morgan fingerprint density at radius 1 is 0.968 bits per heavy atom. The van der Waals surface area contributed by atoms with Crippen LogP contribution in [0.1, 0.15) is 6.42 Å². The lowest BCUT2D eigenvalue weighted by atomic mass is 9.78. The summed E-state index contributed by atoms with van der Waals surface area (Å²) in [5.74, 6) is -34.4. The van der Waals surface area contributed by atoms with Crippen LogP contribution in [0.25, 0.3) is 0 Å². The highest BCUT2D eigenvalue weighted by atomic mass is 19.4. The highest BCUT2D eigenvalue weighted by molar-refractivity contribution is 5.87. The first-order chi connectivity index (χ1) is 14.1. The third-order valence-electron chi connectivity index (χ3n) is 6.36. The van der Waals surface area contributed by atoms with Gasteiger partial charge in [-0.25, -0.2) is 4.79 Å². The predicted octanol–water partition coefficient (Wildman–Crippen LogP) is 2.36. The number of hydrogen-bond acceptors (Lipinski definition) is 6. The van der Waals surface area contributed by atoms with Crippen molar-refractivity contribution in [1.29, 1.82) is 0 Å². The molecule has 4 fully saturated rings. The zero-order valence-electron chi connectivity index (χ0n) is 15.0. The predicted molar refractivity (Wildman–Crippen MR) is 78.2 cm³/mol. The average Bonchev–Trinajstić information content (AvgIpc) is 3.29. The quantitative estimate of drug-likeness (QED) is 0.275. The maximum Gasteiger partial charge on any atom is 0.382 e. The van der Waals surface area contributed by atoms with Crippen molar-refractivity contribution in [2.75, 3.05) is 0 Å². The van der Waals surface area contributed by atoms with Crippen LogP contribution in [0.15, 0.2) is 12.7 Å². The van der Waals surface area contributed by atoms with E-state index in [1.165, 1.54) is 0 Å². The first kappa shape index (κ1) is 21.8. The van der Waals surface area contributed by atoms with Crippen molar-refractivity contribution < 1.29 is 63.7 Å². The fourth-order valence-electron chi connectivity index (χ4n) is 4.97. The van der Waals surface area contributed by atoms with Crippen LogP contribution < -0.4 is 0 Å². The molecule has 6 atom stereocenters. The van der Waals surface area contributed by atoms with Gasteiger partial charge in [0.2, 0.25) is 6.10 Å². The number of hydrogen-bond donors (Lipinski definition) is 0. The van der Waals surface area contributed by atoms with Crippen LogP contribution in [-0.4, -0.2) is 59.9 Å². The molecule has 14 heteroatoms. The summed E-state index contributed by atoms with van der Waals surface area (Å²) in [4.78, 5) is 36.1. The highest BCUT2D eigenvalue weighted by Crippen LogP contribution is 2.65. The van der Waals surface area contributed by atoms with Gasteiger partial charge in [0.15, 0.2) is 0 Å². The molecule has 0 aromatic heterocycles. The van der Waals surface area contributed by atoms with Gasteiger partial charge in [-0.15, -0.1) is 0 Å². The maximum absolute atomic E-state index is 13.8. The van der Waals surface area contributed by atoms with Crippen LogP contribution in [0.4, 0.5) is 35.1 Å². The number of carbonyl (C=O) groups is 3. The Morgan fingerprint density at radius 2 is 1.52 bits per heavy atom. The van der Waals surface area contributed by atoms with Gasteiger partial charge in [0.1, 0.15) is 12.2 Å². The SMILES string of the molecule is C=CC(=O)OC1C2CC3C1OC(=O)C3C2C(=O)OC1C(F)(F)C(F)(F)C(F)(F)C1(F)F. The van der Waals surface area contributed by atoms with Crippen molar-refractivity contribution in [2.45, 2.75) is 48.4 Å². The van der Waals surface area contributed by atoms with E-state index in [1.54, 1.807) is 0 Å². The Labute approximate surface area is 167 Å². The van der Waals surface area contributed by atoms with Crippen LogP contribution in [0.5, 0.6) is 0 Å². The number of halogens is 8. The van der Waals surface area contributed by atoms with Crippen molar-refractivity contribution >= 4 is 17.9 Å². The Balaban J connectivity index is 1.64. The van der Waals surface area contributed by atoms with Gasteiger partial charge in [-0.1, -0.05) is 6.58 Å². The van der Waals surface area contributed by atoms with Gasteiger partial charge in [0, 0.05) is 17.9 Å². The van der Waals surface area contributed by atoms with E-state index < -0.39 is 83.6 Å². The molecule has 4 rings (SSSR count). The van der Waals surface area contributed by atoms with Gasteiger partial charge in [-0.2, -0.15) is 35.1 Å². The van der Waals surface area contributed by atoms with Gasteiger partial charge >= 0.3 is 41.6 Å². The molecular formula is C17H12F8O6. The van der Waals surface area contributed by atoms with Crippen LogP contribution in [-0.2, 0) is 28.6 Å². The fraction of sp³-hybridized carbons (Fsp3) is 0.706. The van der Waals surface area contributed by atoms with Crippen molar-refractivity contribution in [3.63, 3.8) is 0 Å². The lowest BCUT2D eigenvalue weighted by Gasteiger charge is -2.31. The normalized spacial score (nSPS) is 40.5. The summed E-state index contributed by atoms with van der Waals surface area (Å²) in [5, 5.41) is 0. The van der Waals surface area contributed by atoms with Crippen molar-refractivity contribution in [2.24, 2.45) is 23.7 Å². The third-order valence-corrected chi connectivity index (χ3v) is 6.36. The highest BCUT2D eigenvalue weighted by Gasteiger charge is 2.95. The van der Waals surface area contributed by atoms with Gasteiger partial charge in [-0.3, -0.25) is 9.59 Å². The Kier molecular flexibility index (Phi) is 4.29. The number of esters is 3. The fourth-order valence-corrected chi connectivity index (χ4v) is 4.97. The molecule has 4 aliphatic rings. The largest absolute Gasteiger partial charge is 0.458 e. The first-order valence-electron chi connectivity index (χ1n) is 8.86. The molecule has 0 radical (unpaired) electrons. The molecular weight excluding hydrogens is 452 g/mol. The van der Waals surface area contributed by atoms with Crippen LogP contribution in [0.3, 0.4) is 0 Å². The number of carbonyl (C=O) groups excluding carboxylic acids is 3. The van der Waals surface area contributed by atoms with E-state index >= 15 is 0 Å². The molecule has 6 nitrogen and oxygen atoms in total. The van der Waals surface area contributed by atoms with E-state index in [2.05, 4.69) is 11.3 Å². The molecule has 1 saturated heterocycles. The van der Waals surface area contributed by atoms with Crippen LogP contribution >= 0.6 is 0 Å². The number of alkyl halides is 8. The molecule has 31 heavy (non-hydrogen) atoms.